The molecule has 0 radical (unpaired) electrons. The number of rotatable bonds is 2. The van der Waals surface area contributed by atoms with E-state index in [2.05, 4.69) is 27.7 Å². The molecule has 0 aliphatic heterocycles. The van der Waals surface area contributed by atoms with Gasteiger partial charge in [0.25, 0.3) is 0 Å². The third-order valence-electron chi connectivity index (χ3n) is 1.40. The highest BCUT2D eigenvalue weighted by atomic mass is 32.1. The minimum Gasteiger partial charge on any atom is -0.506 e. The SMILES string of the molecule is Cc1ccc(O)c(C=NNC(N)=S)n1. The number of nitrogens with two attached hydrogens (primary N) is 1. The van der Waals surface area contributed by atoms with Crippen LogP contribution in [0.5, 0.6) is 5.75 Å². The molecule has 74 valence electrons. The van der Waals surface area contributed by atoms with Crippen LogP contribution >= 0.6 is 12.2 Å². The lowest BCUT2D eigenvalue weighted by Gasteiger charge is -1.99. The van der Waals surface area contributed by atoms with Gasteiger partial charge in [0.2, 0.25) is 0 Å². The second-order valence-corrected chi connectivity index (χ2v) is 3.03. The summed E-state index contributed by atoms with van der Waals surface area (Å²) in [5.41, 5.74) is 8.68. The van der Waals surface area contributed by atoms with Crippen LogP contribution in [0.25, 0.3) is 0 Å². The molecule has 0 bridgehead atoms. The number of nitrogens with zero attached hydrogens (tertiary/aromatic N) is 2. The van der Waals surface area contributed by atoms with Gasteiger partial charge in [-0.1, -0.05) is 0 Å². The Labute approximate surface area is 86.7 Å². The first kappa shape index (κ1) is 10.4. The molecule has 6 heteroatoms. The number of hydrazone groups is 1. The van der Waals surface area contributed by atoms with Crippen molar-refractivity contribution >= 4 is 23.5 Å². The Morgan fingerprint density at radius 1 is 1.71 bits per heavy atom. The monoisotopic (exact) mass is 210 g/mol. The molecule has 1 aromatic rings. The highest BCUT2D eigenvalue weighted by Gasteiger charge is 1.98. The Morgan fingerprint density at radius 3 is 3.07 bits per heavy atom. The van der Waals surface area contributed by atoms with Gasteiger partial charge in [0.1, 0.15) is 11.4 Å². The largest absolute Gasteiger partial charge is 0.506 e. The summed E-state index contributed by atoms with van der Waals surface area (Å²) < 4.78 is 0. The first-order valence-electron chi connectivity index (χ1n) is 3.84. The van der Waals surface area contributed by atoms with Crippen LogP contribution in [0.2, 0.25) is 0 Å². The number of aromatic nitrogens is 1. The Kier molecular flexibility index (Phi) is 3.35. The van der Waals surface area contributed by atoms with Gasteiger partial charge in [-0.3, -0.25) is 5.43 Å². The highest BCUT2D eigenvalue weighted by Crippen LogP contribution is 2.11. The lowest BCUT2D eigenvalue weighted by atomic mass is 10.3. The van der Waals surface area contributed by atoms with Crippen molar-refractivity contribution in [1.82, 2.24) is 10.4 Å². The number of pyridine rings is 1. The molecule has 4 N–H and O–H groups in total. The summed E-state index contributed by atoms with van der Waals surface area (Å²) in [6.45, 7) is 1.82. The normalized spacial score (nSPS) is 10.4. The summed E-state index contributed by atoms with van der Waals surface area (Å²) in [5.74, 6) is 0.0593. The molecule has 1 heterocycles. The minimum atomic E-state index is 0.0593. The summed E-state index contributed by atoms with van der Waals surface area (Å²) in [5, 5.41) is 13.1. The standard InChI is InChI=1S/C8H10N4OS/c1-5-2-3-7(13)6(11-5)4-10-12-8(9)14/h2-4,13H,1H3,(H3,9,12,14). The van der Waals surface area contributed by atoms with Crippen molar-refractivity contribution in [2.45, 2.75) is 6.92 Å². The predicted octanol–water partition coefficient (Wildman–Crippen LogP) is 0.263. The maximum absolute atomic E-state index is 9.35. The summed E-state index contributed by atoms with van der Waals surface area (Å²) >= 11 is 4.54. The van der Waals surface area contributed by atoms with Gasteiger partial charge >= 0.3 is 0 Å². The van der Waals surface area contributed by atoms with E-state index in [1.807, 2.05) is 6.92 Å². The van der Waals surface area contributed by atoms with Crippen LogP contribution in [0, 0.1) is 6.92 Å². The van der Waals surface area contributed by atoms with E-state index in [4.69, 9.17) is 5.73 Å². The van der Waals surface area contributed by atoms with E-state index < -0.39 is 0 Å². The molecule has 0 saturated carbocycles. The smallest absolute Gasteiger partial charge is 0.184 e. The van der Waals surface area contributed by atoms with Crippen LogP contribution < -0.4 is 11.2 Å². The second-order valence-electron chi connectivity index (χ2n) is 2.59. The van der Waals surface area contributed by atoms with Gasteiger partial charge in [-0.15, -0.1) is 0 Å². The molecule has 0 amide bonds. The Hall–Kier alpha value is -1.69. The molecule has 0 fully saturated rings. The van der Waals surface area contributed by atoms with Crippen LogP contribution in [0.1, 0.15) is 11.4 Å². The quantitative estimate of drug-likeness (QED) is 0.370. The van der Waals surface area contributed by atoms with Crippen molar-refractivity contribution in [3.63, 3.8) is 0 Å². The first-order valence-corrected chi connectivity index (χ1v) is 4.25. The van der Waals surface area contributed by atoms with Crippen LogP contribution in [0.4, 0.5) is 0 Å². The number of hydrogen-bond donors (Lipinski definition) is 3. The molecular weight excluding hydrogens is 200 g/mol. The molecule has 0 aromatic carbocycles. The summed E-state index contributed by atoms with van der Waals surface area (Å²) in [4.78, 5) is 4.05. The van der Waals surface area contributed by atoms with Crippen molar-refractivity contribution in [1.29, 1.82) is 0 Å². The molecule has 5 nitrogen and oxygen atoms in total. The molecule has 1 aromatic heterocycles. The minimum absolute atomic E-state index is 0.0593. The number of hydrogen-bond acceptors (Lipinski definition) is 4. The molecule has 0 aliphatic carbocycles. The number of aryl methyl sites for hydroxylation is 1. The summed E-state index contributed by atoms with van der Waals surface area (Å²) in [6.07, 6.45) is 1.35. The average molecular weight is 210 g/mol. The Bertz CT molecular complexity index is 378. The Morgan fingerprint density at radius 2 is 2.43 bits per heavy atom. The fourth-order valence-electron chi connectivity index (χ4n) is 0.821. The van der Waals surface area contributed by atoms with E-state index in [-0.39, 0.29) is 10.9 Å². The highest BCUT2D eigenvalue weighted by molar-refractivity contribution is 7.80. The summed E-state index contributed by atoms with van der Waals surface area (Å²) in [7, 11) is 0. The number of thiocarbonyl (C=S) groups is 1. The van der Waals surface area contributed by atoms with Crippen molar-refractivity contribution in [2.75, 3.05) is 0 Å². The van der Waals surface area contributed by atoms with Crippen LogP contribution in [0.3, 0.4) is 0 Å². The zero-order valence-electron chi connectivity index (χ0n) is 7.56. The van der Waals surface area contributed by atoms with Gasteiger partial charge in [0.05, 0.1) is 6.21 Å². The fourth-order valence-corrected chi connectivity index (χ4v) is 0.874. The van der Waals surface area contributed by atoms with Crippen molar-refractivity contribution in [3.8, 4) is 5.75 Å². The topological polar surface area (TPSA) is 83.5 Å². The third kappa shape index (κ3) is 2.98. The van der Waals surface area contributed by atoms with Crippen molar-refractivity contribution in [3.05, 3.63) is 23.5 Å². The molecule has 1 rings (SSSR count). The molecule has 0 aliphatic rings. The van der Waals surface area contributed by atoms with Gasteiger partial charge < -0.3 is 10.8 Å². The zero-order valence-corrected chi connectivity index (χ0v) is 8.38. The van der Waals surface area contributed by atoms with E-state index in [1.54, 1.807) is 12.1 Å². The Balaban J connectivity index is 2.80. The van der Waals surface area contributed by atoms with Gasteiger partial charge in [0, 0.05) is 5.69 Å². The maximum Gasteiger partial charge on any atom is 0.184 e. The van der Waals surface area contributed by atoms with Gasteiger partial charge in [0.15, 0.2) is 5.11 Å². The lowest BCUT2D eigenvalue weighted by molar-refractivity contribution is 0.471. The van der Waals surface area contributed by atoms with Gasteiger partial charge in [-0.25, -0.2) is 4.98 Å². The van der Waals surface area contributed by atoms with E-state index >= 15 is 0 Å². The van der Waals surface area contributed by atoms with Crippen LogP contribution in [-0.4, -0.2) is 21.4 Å². The van der Waals surface area contributed by atoms with E-state index in [0.717, 1.165) is 5.69 Å². The first-order chi connectivity index (χ1) is 6.59. The van der Waals surface area contributed by atoms with E-state index in [1.165, 1.54) is 6.21 Å². The third-order valence-corrected chi connectivity index (χ3v) is 1.49. The summed E-state index contributed by atoms with van der Waals surface area (Å²) in [6, 6.07) is 3.25. The molecular formula is C8H10N4OS. The van der Waals surface area contributed by atoms with Gasteiger partial charge in [-0.2, -0.15) is 5.10 Å². The average Bonchev–Trinajstić information content (AvgIpc) is 2.10. The van der Waals surface area contributed by atoms with Crippen LogP contribution in [0.15, 0.2) is 17.2 Å². The lowest BCUT2D eigenvalue weighted by Crippen LogP contribution is -2.24. The number of aromatic hydroxyl groups is 1. The molecule has 0 unspecified atom stereocenters. The van der Waals surface area contributed by atoms with E-state index in [0.29, 0.717) is 5.69 Å². The molecule has 0 atom stereocenters. The number of nitrogens with one attached hydrogen (secondary N) is 1. The van der Waals surface area contributed by atoms with Gasteiger partial charge in [-0.05, 0) is 31.3 Å². The van der Waals surface area contributed by atoms with Crippen LogP contribution in [-0.2, 0) is 0 Å². The molecule has 14 heavy (non-hydrogen) atoms. The zero-order chi connectivity index (χ0) is 10.6. The maximum atomic E-state index is 9.35. The molecule has 0 spiro atoms. The van der Waals surface area contributed by atoms with Crippen molar-refractivity contribution < 1.29 is 5.11 Å². The molecule has 0 saturated heterocycles. The van der Waals surface area contributed by atoms with Crippen molar-refractivity contribution in [2.24, 2.45) is 10.8 Å². The fraction of sp³-hybridized carbons (Fsp3) is 0.125. The van der Waals surface area contributed by atoms with E-state index in [9.17, 15) is 5.11 Å². The predicted molar refractivity (Wildman–Crippen MR) is 58.2 cm³/mol. The second kappa shape index (κ2) is 4.52.